The summed E-state index contributed by atoms with van der Waals surface area (Å²) in [6.07, 6.45) is 6.61. The molecule has 0 amide bonds. The maximum Gasteiger partial charge on any atom is 0.248 e. The van der Waals surface area contributed by atoms with Crippen LogP contribution in [0.2, 0.25) is 0 Å². The Balaban J connectivity index is 1.89. The van der Waals surface area contributed by atoms with Crippen LogP contribution in [0.15, 0.2) is 0 Å². The van der Waals surface area contributed by atoms with Crippen LogP contribution >= 0.6 is 11.6 Å². The first-order valence-electron chi connectivity index (χ1n) is 7.28. The van der Waals surface area contributed by atoms with Gasteiger partial charge in [0, 0.05) is 31.3 Å². The van der Waals surface area contributed by atoms with Gasteiger partial charge in [0.1, 0.15) is 0 Å². The van der Waals surface area contributed by atoms with Crippen LogP contribution in [0.3, 0.4) is 0 Å². The summed E-state index contributed by atoms with van der Waals surface area (Å²) in [7, 11) is 0. The van der Waals surface area contributed by atoms with E-state index >= 15 is 0 Å². The number of nitrogens with zero attached hydrogens (tertiary/aromatic N) is 1. The van der Waals surface area contributed by atoms with Crippen molar-refractivity contribution < 1.29 is 8.78 Å². The summed E-state index contributed by atoms with van der Waals surface area (Å²) in [6.45, 7) is 1.87. The SMILES string of the molecule is FC1(F)CCCC(CN2CCCCCC2CCl)C1. The van der Waals surface area contributed by atoms with Gasteiger partial charge in [-0.15, -0.1) is 11.6 Å². The first-order chi connectivity index (χ1) is 8.61. The summed E-state index contributed by atoms with van der Waals surface area (Å²) in [5, 5.41) is 0. The standard InChI is InChI=1S/C14H24ClF2N/c15-10-13-6-2-1-3-8-18(13)11-12-5-4-7-14(16,17)9-12/h12-13H,1-11H2. The summed E-state index contributed by atoms with van der Waals surface area (Å²) in [6, 6.07) is 0.407. The summed E-state index contributed by atoms with van der Waals surface area (Å²) in [4.78, 5) is 2.38. The molecule has 1 heterocycles. The molecule has 1 aliphatic carbocycles. The second-order valence-electron chi connectivity index (χ2n) is 5.97. The predicted molar refractivity (Wildman–Crippen MR) is 71.5 cm³/mol. The van der Waals surface area contributed by atoms with Gasteiger partial charge >= 0.3 is 0 Å². The summed E-state index contributed by atoms with van der Waals surface area (Å²) < 4.78 is 26.8. The van der Waals surface area contributed by atoms with E-state index in [0.717, 1.165) is 25.9 Å². The van der Waals surface area contributed by atoms with Crippen molar-refractivity contribution in [2.75, 3.05) is 19.0 Å². The number of hydrogen-bond donors (Lipinski definition) is 0. The Labute approximate surface area is 114 Å². The molecule has 0 spiro atoms. The predicted octanol–water partition coefficient (Wildman–Crippen LogP) is 4.30. The smallest absolute Gasteiger partial charge is 0.248 e. The van der Waals surface area contributed by atoms with Gasteiger partial charge in [-0.2, -0.15) is 0 Å². The summed E-state index contributed by atoms with van der Waals surface area (Å²) in [5.74, 6) is -1.62. The van der Waals surface area contributed by atoms with Crippen molar-refractivity contribution in [1.82, 2.24) is 4.90 Å². The van der Waals surface area contributed by atoms with Crippen LogP contribution in [0.25, 0.3) is 0 Å². The molecule has 0 radical (unpaired) electrons. The lowest BCUT2D eigenvalue weighted by Gasteiger charge is -2.35. The van der Waals surface area contributed by atoms with E-state index in [2.05, 4.69) is 4.90 Å². The maximum atomic E-state index is 13.4. The Kier molecular flexibility index (Phi) is 5.25. The fourth-order valence-electron chi connectivity index (χ4n) is 3.42. The Morgan fingerprint density at radius 2 is 1.94 bits per heavy atom. The fraction of sp³-hybridized carbons (Fsp3) is 1.00. The number of halogens is 3. The Hall–Kier alpha value is 0.110. The van der Waals surface area contributed by atoms with Gasteiger partial charge in [0.15, 0.2) is 0 Å². The molecule has 1 nitrogen and oxygen atoms in total. The number of alkyl halides is 3. The summed E-state index contributed by atoms with van der Waals surface area (Å²) in [5.41, 5.74) is 0. The van der Waals surface area contributed by atoms with Crippen molar-refractivity contribution in [1.29, 1.82) is 0 Å². The molecule has 2 aliphatic rings. The van der Waals surface area contributed by atoms with Gasteiger partial charge in [0.05, 0.1) is 0 Å². The van der Waals surface area contributed by atoms with Crippen molar-refractivity contribution in [3.05, 3.63) is 0 Å². The first kappa shape index (κ1) is 14.5. The largest absolute Gasteiger partial charge is 0.299 e. The monoisotopic (exact) mass is 279 g/mol. The zero-order valence-corrected chi connectivity index (χ0v) is 11.8. The number of likely N-dealkylation sites (tertiary alicyclic amines) is 1. The zero-order valence-electron chi connectivity index (χ0n) is 11.0. The second kappa shape index (κ2) is 6.51. The van der Waals surface area contributed by atoms with Crippen molar-refractivity contribution in [3.8, 4) is 0 Å². The highest BCUT2D eigenvalue weighted by atomic mass is 35.5. The molecule has 1 saturated heterocycles. The van der Waals surface area contributed by atoms with Crippen molar-refractivity contribution >= 4 is 11.6 Å². The minimum absolute atomic E-state index is 0.0819. The highest BCUT2D eigenvalue weighted by Gasteiger charge is 2.37. The molecule has 4 heteroatoms. The molecule has 1 saturated carbocycles. The molecule has 2 fully saturated rings. The van der Waals surface area contributed by atoms with E-state index in [1.165, 1.54) is 19.3 Å². The molecular formula is C14H24ClF2N. The van der Waals surface area contributed by atoms with Gasteiger partial charge in [-0.3, -0.25) is 4.90 Å². The van der Waals surface area contributed by atoms with Gasteiger partial charge in [0.2, 0.25) is 5.92 Å². The van der Waals surface area contributed by atoms with Crippen LogP contribution < -0.4 is 0 Å². The summed E-state index contributed by atoms with van der Waals surface area (Å²) >= 11 is 6.03. The molecule has 2 rings (SSSR count). The van der Waals surface area contributed by atoms with E-state index in [4.69, 9.17) is 11.6 Å². The van der Waals surface area contributed by atoms with Gasteiger partial charge in [-0.1, -0.05) is 12.8 Å². The lowest BCUT2D eigenvalue weighted by molar-refractivity contribution is -0.0581. The normalized spacial score (nSPS) is 34.2. The van der Waals surface area contributed by atoms with Gasteiger partial charge in [0.25, 0.3) is 0 Å². The van der Waals surface area contributed by atoms with Crippen LogP contribution in [-0.2, 0) is 0 Å². The minimum atomic E-state index is -2.43. The molecule has 0 aromatic heterocycles. The van der Waals surface area contributed by atoms with Gasteiger partial charge in [-0.25, -0.2) is 8.78 Å². The quantitative estimate of drug-likeness (QED) is 0.697. The van der Waals surface area contributed by atoms with Gasteiger partial charge in [-0.05, 0) is 38.1 Å². The number of rotatable bonds is 3. The van der Waals surface area contributed by atoms with E-state index in [1.807, 2.05) is 0 Å². The van der Waals surface area contributed by atoms with Gasteiger partial charge < -0.3 is 0 Å². The molecule has 0 N–H and O–H groups in total. The van der Waals surface area contributed by atoms with E-state index in [0.29, 0.717) is 18.3 Å². The Morgan fingerprint density at radius 1 is 1.11 bits per heavy atom. The minimum Gasteiger partial charge on any atom is -0.299 e. The zero-order chi connectivity index (χ0) is 13.0. The molecule has 1 aliphatic heterocycles. The van der Waals surface area contributed by atoms with E-state index in [9.17, 15) is 8.78 Å². The number of hydrogen-bond acceptors (Lipinski definition) is 1. The van der Waals surface area contributed by atoms with E-state index in [-0.39, 0.29) is 18.8 Å². The average molecular weight is 280 g/mol. The molecule has 2 unspecified atom stereocenters. The molecule has 106 valence electrons. The lowest BCUT2D eigenvalue weighted by Crippen LogP contribution is -2.41. The van der Waals surface area contributed by atoms with Crippen LogP contribution in [0.5, 0.6) is 0 Å². The van der Waals surface area contributed by atoms with Crippen molar-refractivity contribution in [3.63, 3.8) is 0 Å². The third-order valence-electron chi connectivity index (χ3n) is 4.41. The fourth-order valence-corrected chi connectivity index (χ4v) is 3.76. The second-order valence-corrected chi connectivity index (χ2v) is 6.28. The van der Waals surface area contributed by atoms with Crippen LogP contribution in [0.1, 0.15) is 51.4 Å². The van der Waals surface area contributed by atoms with Crippen molar-refractivity contribution in [2.24, 2.45) is 5.92 Å². The molecule has 0 aromatic rings. The lowest BCUT2D eigenvalue weighted by atomic mass is 9.86. The first-order valence-corrected chi connectivity index (χ1v) is 7.82. The highest BCUT2D eigenvalue weighted by Crippen LogP contribution is 2.37. The van der Waals surface area contributed by atoms with Crippen LogP contribution in [0.4, 0.5) is 8.78 Å². The Morgan fingerprint density at radius 3 is 2.67 bits per heavy atom. The molecule has 0 aromatic carbocycles. The maximum absolute atomic E-state index is 13.4. The van der Waals surface area contributed by atoms with Crippen molar-refractivity contribution in [2.45, 2.75) is 63.3 Å². The topological polar surface area (TPSA) is 3.24 Å². The highest BCUT2D eigenvalue weighted by molar-refractivity contribution is 6.18. The van der Waals surface area contributed by atoms with E-state index in [1.54, 1.807) is 0 Å². The molecule has 0 bridgehead atoms. The van der Waals surface area contributed by atoms with Crippen LogP contribution in [0, 0.1) is 5.92 Å². The third-order valence-corrected chi connectivity index (χ3v) is 4.77. The molecule has 18 heavy (non-hydrogen) atoms. The third kappa shape index (κ3) is 4.06. The Bertz CT molecular complexity index is 260. The average Bonchev–Trinajstić information content (AvgIpc) is 2.53. The molecule has 2 atom stereocenters. The van der Waals surface area contributed by atoms with E-state index < -0.39 is 5.92 Å². The molecular weight excluding hydrogens is 256 g/mol. The van der Waals surface area contributed by atoms with Crippen LogP contribution in [-0.4, -0.2) is 35.8 Å².